The monoisotopic (exact) mass is 235 g/mol. The summed E-state index contributed by atoms with van der Waals surface area (Å²) in [7, 11) is 0. The molecule has 0 aliphatic rings. The number of rotatable bonds is 2. The molecule has 0 aliphatic carbocycles. The molecule has 76 valence electrons. The van der Waals surface area contributed by atoms with Crippen LogP contribution in [0.15, 0.2) is 17.5 Å². The zero-order valence-corrected chi connectivity index (χ0v) is 9.74. The third-order valence-electron chi connectivity index (χ3n) is 1.96. The van der Waals surface area contributed by atoms with Crippen molar-refractivity contribution >= 4 is 38.0 Å². The number of terminal acetylenes is 1. The Hall–Kier alpha value is -1.31. The second kappa shape index (κ2) is 4.05. The quantitative estimate of drug-likeness (QED) is 0.797. The van der Waals surface area contributed by atoms with Crippen LogP contribution in [0.2, 0.25) is 0 Å². The second-order valence-corrected chi connectivity index (χ2v) is 5.15. The smallest absolute Gasteiger partial charge is 0.262 e. The third-order valence-corrected chi connectivity index (χ3v) is 4.05. The van der Waals surface area contributed by atoms with Crippen molar-refractivity contribution in [3.05, 3.63) is 22.4 Å². The van der Waals surface area contributed by atoms with Crippen LogP contribution < -0.4 is 5.32 Å². The largest absolute Gasteiger partial charge is 0.338 e. The molecule has 15 heavy (non-hydrogen) atoms. The van der Waals surface area contributed by atoms with Crippen molar-refractivity contribution in [3.8, 4) is 12.3 Å². The van der Waals surface area contributed by atoms with Crippen molar-refractivity contribution in [1.29, 1.82) is 0 Å². The lowest BCUT2D eigenvalue weighted by molar-refractivity contribution is 0.0952. The normalized spacial score (nSPS) is 12.3. The number of nitrogens with one attached hydrogen (secondary N) is 1. The van der Waals surface area contributed by atoms with Crippen LogP contribution in [0.3, 0.4) is 0 Å². The molecule has 0 saturated carbocycles. The van der Waals surface area contributed by atoms with E-state index >= 15 is 0 Å². The lowest BCUT2D eigenvalue weighted by atomic mass is 10.3. The molecular formula is C11H9NOS2. The Kier molecular flexibility index (Phi) is 2.76. The fourth-order valence-corrected chi connectivity index (χ4v) is 3.20. The van der Waals surface area contributed by atoms with Crippen LogP contribution in [0.5, 0.6) is 0 Å². The summed E-state index contributed by atoms with van der Waals surface area (Å²) in [4.78, 5) is 12.4. The predicted molar refractivity (Wildman–Crippen MR) is 65.5 cm³/mol. The number of hydrogen-bond acceptors (Lipinski definition) is 3. The molecule has 0 saturated heterocycles. The summed E-state index contributed by atoms with van der Waals surface area (Å²) in [6.45, 7) is 1.79. The Morgan fingerprint density at radius 2 is 2.40 bits per heavy atom. The van der Waals surface area contributed by atoms with Crippen LogP contribution in [0, 0.1) is 12.3 Å². The van der Waals surface area contributed by atoms with Crippen LogP contribution in [-0.4, -0.2) is 11.9 Å². The molecule has 2 aromatic heterocycles. The van der Waals surface area contributed by atoms with Gasteiger partial charge < -0.3 is 5.32 Å². The number of carbonyl (C=O) groups excluding carboxylic acids is 1. The number of thiophene rings is 2. The minimum absolute atomic E-state index is 0.0890. The van der Waals surface area contributed by atoms with Crippen molar-refractivity contribution in [2.24, 2.45) is 0 Å². The molecule has 0 spiro atoms. The van der Waals surface area contributed by atoms with Crippen molar-refractivity contribution in [2.45, 2.75) is 13.0 Å². The van der Waals surface area contributed by atoms with Gasteiger partial charge >= 0.3 is 0 Å². The van der Waals surface area contributed by atoms with E-state index in [2.05, 4.69) is 11.2 Å². The molecule has 1 amide bonds. The fourth-order valence-electron chi connectivity index (χ4n) is 1.19. The highest BCUT2D eigenvalue weighted by atomic mass is 32.1. The van der Waals surface area contributed by atoms with Gasteiger partial charge in [-0.05, 0) is 24.4 Å². The maximum atomic E-state index is 11.7. The maximum Gasteiger partial charge on any atom is 0.262 e. The molecule has 1 atom stereocenters. The van der Waals surface area contributed by atoms with Gasteiger partial charge in [-0.1, -0.05) is 5.92 Å². The first kappa shape index (κ1) is 10.2. The first-order valence-electron chi connectivity index (χ1n) is 4.44. The zero-order valence-electron chi connectivity index (χ0n) is 8.11. The summed E-state index contributed by atoms with van der Waals surface area (Å²) < 4.78 is 2.30. The van der Waals surface area contributed by atoms with Gasteiger partial charge in [0, 0.05) is 9.40 Å². The average Bonchev–Trinajstić information content (AvgIpc) is 2.76. The van der Waals surface area contributed by atoms with Gasteiger partial charge in [0.2, 0.25) is 0 Å². The first-order chi connectivity index (χ1) is 7.20. The highest BCUT2D eigenvalue weighted by Gasteiger charge is 2.11. The van der Waals surface area contributed by atoms with E-state index in [0.29, 0.717) is 0 Å². The lowest BCUT2D eigenvalue weighted by Crippen LogP contribution is -2.30. The fraction of sp³-hybridized carbons (Fsp3) is 0.182. The Labute approximate surface area is 95.9 Å². The van der Waals surface area contributed by atoms with Crippen molar-refractivity contribution in [3.63, 3.8) is 0 Å². The molecule has 0 aliphatic heterocycles. The summed E-state index contributed by atoms with van der Waals surface area (Å²) in [5.74, 6) is 2.38. The Bertz CT molecular complexity index is 504. The minimum Gasteiger partial charge on any atom is -0.338 e. The van der Waals surface area contributed by atoms with E-state index in [-0.39, 0.29) is 11.9 Å². The molecule has 0 bridgehead atoms. The van der Waals surface area contributed by atoms with E-state index in [0.717, 1.165) is 14.3 Å². The Balaban J connectivity index is 2.21. The van der Waals surface area contributed by atoms with E-state index in [1.165, 1.54) is 11.3 Å². The molecule has 0 radical (unpaired) electrons. The SMILES string of the molecule is C#CC(C)NC(=O)c1cc2sccc2s1. The molecular weight excluding hydrogens is 226 g/mol. The molecule has 1 N–H and O–H groups in total. The predicted octanol–water partition coefficient (Wildman–Crippen LogP) is 2.71. The maximum absolute atomic E-state index is 11.7. The number of amides is 1. The standard InChI is InChI=1S/C11H9NOS2/c1-3-7(2)12-11(13)10-6-9-8(15-10)4-5-14-9/h1,4-7H,2H3,(H,12,13). The van der Waals surface area contributed by atoms with Crippen LogP contribution in [-0.2, 0) is 0 Å². The number of carbonyl (C=O) groups is 1. The topological polar surface area (TPSA) is 29.1 Å². The summed E-state index contributed by atoms with van der Waals surface area (Å²) in [6, 6.07) is 3.70. The van der Waals surface area contributed by atoms with Crippen LogP contribution >= 0.6 is 22.7 Å². The third kappa shape index (κ3) is 2.04. The van der Waals surface area contributed by atoms with E-state index in [9.17, 15) is 4.79 Å². The van der Waals surface area contributed by atoms with Gasteiger partial charge in [-0.25, -0.2) is 0 Å². The van der Waals surface area contributed by atoms with Crippen LogP contribution in [0.1, 0.15) is 16.6 Å². The van der Waals surface area contributed by atoms with Crippen molar-refractivity contribution < 1.29 is 4.79 Å². The van der Waals surface area contributed by atoms with Crippen LogP contribution in [0.25, 0.3) is 9.40 Å². The molecule has 2 rings (SSSR count). The van der Waals surface area contributed by atoms with Gasteiger partial charge in [0.1, 0.15) is 0 Å². The summed E-state index contributed by atoms with van der Waals surface area (Å²) in [6.07, 6.45) is 5.19. The lowest BCUT2D eigenvalue weighted by Gasteiger charge is -2.04. The molecule has 0 fully saturated rings. The first-order valence-corrected chi connectivity index (χ1v) is 6.14. The van der Waals surface area contributed by atoms with Gasteiger partial charge in [-0.3, -0.25) is 4.79 Å². The second-order valence-electron chi connectivity index (χ2n) is 3.12. The minimum atomic E-state index is -0.224. The molecule has 4 heteroatoms. The molecule has 2 aromatic rings. The van der Waals surface area contributed by atoms with Gasteiger partial charge in [0.15, 0.2) is 0 Å². The van der Waals surface area contributed by atoms with Crippen LogP contribution in [0.4, 0.5) is 0 Å². The van der Waals surface area contributed by atoms with Gasteiger partial charge in [0.25, 0.3) is 5.91 Å². The highest BCUT2D eigenvalue weighted by Crippen LogP contribution is 2.29. The zero-order chi connectivity index (χ0) is 10.8. The Morgan fingerprint density at radius 3 is 3.07 bits per heavy atom. The van der Waals surface area contributed by atoms with Gasteiger partial charge in [-0.2, -0.15) is 0 Å². The van der Waals surface area contributed by atoms with E-state index < -0.39 is 0 Å². The van der Waals surface area contributed by atoms with Gasteiger partial charge in [0.05, 0.1) is 10.9 Å². The number of fused-ring (bicyclic) bond motifs is 1. The molecule has 1 unspecified atom stereocenters. The van der Waals surface area contributed by atoms with Gasteiger partial charge in [-0.15, -0.1) is 29.1 Å². The summed E-state index contributed by atoms with van der Waals surface area (Å²) >= 11 is 3.13. The molecule has 0 aromatic carbocycles. The van der Waals surface area contributed by atoms with E-state index in [4.69, 9.17) is 6.42 Å². The van der Waals surface area contributed by atoms with E-state index in [1.54, 1.807) is 18.3 Å². The summed E-state index contributed by atoms with van der Waals surface area (Å²) in [5.41, 5.74) is 0. The molecule has 2 heterocycles. The van der Waals surface area contributed by atoms with E-state index in [1.807, 2.05) is 17.5 Å². The Morgan fingerprint density at radius 1 is 1.60 bits per heavy atom. The average molecular weight is 235 g/mol. The number of hydrogen-bond donors (Lipinski definition) is 1. The summed E-state index contributed by atoms with van der Waals surface area (Å²) in [5, 5.41) is 4.76. The molecule has 2 nitrogen and oxygen atoms in total. The van der Waals surface area contributed by atoms with Crippen molar-refractivity contribution in [1.82, 2.24) is 5.32 Å². The van der Waals surface area contributed by atoms with Crippen molar-refractivity contribution in [2.75, 3.05) is 0 Å². The highest BCUT2D eigenvalue weighted by molar-refractivity contribution is 7.27.